The number of aliphatic hydroxyl groups is 2. The van der Waals surface area contributed by atoms with E-state index in [1.54, 1.807) is 0 Å². The van der Waals surface area contributed by atoms with Gasteiger partial charge in [-0.05, 0) is 19.3 Å². The van der Waals surface area contributed by atoms with Gasteiger partial charge in [0, 0.05) is 6.61 Å². The summed E-state index contributed by atoms with van der Waals surface area (Å²) in [5.41, 5.74) is 5.07. The Bertz CT molecular complexity index is 61.7. The average molecular weight is 170 g/mol. The summed E-state index contributed by atoms with van der Waals surface area (Å²) in [6.45, 7) is 0.237. The van der Waals surface area contributed by atoms with E-state index in [1.165, 1.54) is 0 Å². The molecule has 1 atom stereocenters. The first kappa shape index (κ1) is 12.8. The normalized spacial score (nSPS) is 12.3. The third-order valence-electron chi connectivity index (χ3n) is 1.16. The van der Waals surface area contributed by atoms with Gasteiger partial charge in [-0.3, -0.25) is 0 Å². The molecule has 0 fully saturated rings. The highest BCUT2D eigenvalue weighted by atomic mass is 35.5. The van der Waals surface area contributed by atoms with Crippen molar-refractivity contribution in [3.8, 4) is 0 Å². The lowest BCUT2D eigenvalue weighted by atomic mass is 10.2. The van der Waals surface area contributed by atoms with Crippen molar-refractivity contribution in [2.24, 2.45) is 5.73 Å². The summed E-state index contributed by atoms with van der Waals surface area (Å²) in [6, 6.07) is 0. The monoisotopic (exact) mass is 169 g/mol. The van der Waals surface area contributed by atoms with Gasteiger partial charge in [0.1, 0.15) is 6.23 Å². The maximum Gasteiger partial charge on any atom is 0.102 e. The SMILES string of the molecule is Cl.NC(O)CCCCCO. The van der Waals surface area contributed by atoms with Crippen LogP contribution in [0.3, 0.4) is 0 Å². The predicted molar refractivity (Wildman–Crippen MR) is 43.0 cm³/mol. The van der Waals surface area contributed by atoms with Crippen molar-refractivity contribution in [2.75, 3.05) is 6.61 Å². The third-order valence-corrected chi connectivity index (χ3v) is 1.16. The fourth-order valence-electron chi connectivity index (χ4n) is 0.642. The zero-order valence-electron chi connectivity index (χ0n) is 5.99. The average Bonchev–Trinajstić information content (AvgIpc) is 1.80. The molecule has 0 radical (unpaired) electrons. The topological polar surface area (TPSA) is 66.5 Å². The second-order valence-electron chi connectivity index (χ2n) is 2.14. The fraction of sp³-hybridized carbons (Fsp3) is 1.00. The maximum atomic E-state index is 8.57. The summed E-state index contributed by atoms with van der Waals surface area (Å²) >= 11 is 0. The number of hydrogen-bond donors (Lipinski definition) is 3. The van der Waals surface area contributed by atoms with Gasteiger partial charge in [0.25, 0.3) is 0 Å². The summed E-state index contributed by atoms with van der Waals surface area (Å²) in [6.07, 6.45) is 2.62. The van der Waals surface area contributed by atoms with Crippen LogP contribution >= 0.6 is 12.4 Å². The molecule has 0 heterocycles. The van der Waals surface area contributed by atoms with Gasteiger partial charge in [-0.2, -0.15) is 0 Å². The van der Waals surface area contributed by atoms with Crippen LogP contribution in [0.15, 0.2) is 0 Å². The summed E-state index contributed by atoms with van der Waals surface area (Å²) < 4.78 is 0. The Kier molecular flexibility index (Phi) is 11.7. The minimum Gasteiger partial charge on any atom is -0.396 e. The van der Waals surface area contributed by atoms with Crippen LogP contribution in [0.25, 0.3) is 0 Å². The fourth-order valence-corrected chi connectivity index (χ4v) is 0.642. The number of aliphatic hydroxyl groups excluding tert-OH is 2. The standard InChI is InChI=1S/C6H15NO2.ClH/c7-6(9)4-2-1-3-5-8;/h6,8-9H,1-5,7H2;1H. The molecule has 0 rings (SSSR count). The van der Waals surface area contributed by atoms with E-state index in [0.717, 1.165) is 19.3 Å². The molecule has 3 nitrogen and oxygen atoms in total. The van der Waals surface area contributed by atoms with Gasteiger partial charge >= 0.3 is 0 Å². The molecule has 0 saturated heterocycles. The van der Waals surface area contributed by atoms with Crippen molar-refractivity contribution < 1.29 is 10.2 Å². The van der Waals surface area contributed by atoms with Gasteiger partial charge in [-0.25, -0.2) is 0 Å². The van der Waals surface area contributed by atoms with Crippen molar-refractivity contribution in [2.45, 2.75) is 31.9 Å². The lowest BCUT2D eigenvalue weighted by Crippen LogP contribution is -2.17. The molecule has 0 bridgehead atoms. The minimum absolute atomic E-state index is 0. The molecule has 4 heteroatoms. The largest absolute Gasteiger partial charge is 0.396 e. The maximum absolute atomic E-state index is 8.57. The molecule has 64 valence electrons. The van der Waals surface area contributed by atoms with Crippen LogP contribution in [0.4, 0.5) is 0 Å². The highest BCUT2D eigenvalue weighted by Crippen LogP contribution is 1.99. The summed E-state index contributed by atoms with van der Waals surface area (Å²) in [5, 5.41) is 16.9. The van der Waals surface area contributed by atoms with E-state index in [2.05, 4.69) is 0 Å². The molecular weight excluding hydrogens is 154 g/mol. The zero-order valence-corrected chi connectivity index (χ0v) is 6.81. The Balaban J connectivity index is 0. The van der Waals surface area contributed by atoms with Crippen LogP contribution in [0.1, 0.15) is 25.7 Å². The molecule has 0 saturated carbocycles. The van der Waals surface area contributed by atoms with Crippen molar-refractivity contribution in [1.82, 2.24) is 0 Å². The molecular formula is C6H16ClNO2. The van der Waals surface area contributed by atoms with Crippen molar-refractivity contribution in [3.05, 3.63) is 0 Å². The van der Waals surface area contributed by atoms with Gasteiger partial charge < -0.3 is 15.9 Å². The molecule has 0 aromatic carbocycles. The minimum atomic E-state index is -0.677. The Labute approximate surface area is 67.6 Å². The van der Waals surface area contributed by atoms with Gasteiger partial charge in [0.2, 0.25) is 0 Å². The van der Waals surface area contributed by atoms with E-state index in [1.807, 2.05) is 0 Å². The third kappa shape index (κ3) is 11.0. The van der Waals surface area contributed by atoms with Crippen LogP contribution in [0, 0.1) is 0 Å². The highest BCUT2D eigenvalue weighted by molar-refractivity contribution is 5.85. The molecule has 0 aliphatic carbocycles. The van der Waals surface area contributed by atoms with Crippen LogP contribution in [-0.4, -0.2) is 23.0 Å². The Morgan fingerprint density at radius 1 is 1.20 bits per heavy atom. The Morgan fingerprint density at radius 3 is 2.20 bits per heavy atom. The van der Waals surface area contributed by atoms with E-state index in [9.17, 15) is 0 Å². The molecule has 0 aliphatic heterocycles. The number of halogens is 1. The molecule has 10 heavy (non-hydrogen) atoms. The zero-order chi connectivity index (χ0) is 7.11. The smallest absolute Gasteiger partial charge is 0.102 e. The number of nitrogens with two attached hydrogens (primary N) is 1. The molecule has 4 N–H and O–H groups in total. The molecule has 0 aromatic rings. The van der Waals surface area contributed by atoms with Crippen molar-refractivity contribution in [3.63, 3.8) is 0 Å². The van der Waals surface area contributed by atoms with Gasteiger partial charge in [0.15, 0.2) is 0 Å². The van der Waals surface area contributed by atoms with Crippen LogP contribution in [0.2, 0.25) is 0 Å². The number of unbranched alkanes of at least 4 members (excludes halogenated alkanes) is 2. The first-order valence-electron chi connectivity index (χ1n) is 3.32. The summed E-state index contributed by atoms with van der Waals surface area (Å²) in [4.78, 5) is 0. The molecule has 0 aromatic heterocycles. The van der Waals surface area contributed by atoms with E-state index >= 15 is 0 Å². The van der Waals surface area contributed by atoms with E-state index in [4.69, 9.17) is 15.9 Å². The lowest BCUT2D eigenvalue weighted by Gasteiger charge is -2.01. The molecule has 0 amide bonds. The van der Waals surface area contributed by atoms with Gasteiger partial charge in [0.05, 0.1) is 0 Å². The molecule has 0 aliphatic rings. The van der Waals surface area contributed by atoms with E-state index < -0.39 is 6.23 Å². The Hall–Kier alpha value is 0.170. The van der Waals surface area contributed by atoms with Crippen molar-refractivity contribution >= 4 is 12.4 Å². The number of rotatable bonds is 5. The molecule has 0 spiro atoms. The number of hydrogen-bond acceptors (Lipinski definition) is 3. The predicted octanol–water partition coefficient (Wildman–Crippen LogP) is 0.238. The van der Waals surface area contributed by atoms with Gasteiger partial charge in [-0.1, -0.05) is 6.42 Å². The first-order valence-corrected chi connectivity index (χ1v) is 3.32. The summed E-state index contributed by atoms with van der Waals surface area (Å²) in [5.74, 6) is 0. The Morgan fingerprint density at radius 2 is 1.80 bits per heavy atom. The van der Waals surface area contributed by atoms with Crippen LogP contribution < -0.4 is 5.73 Å². The quantitative estimate of drug-likeness (QED) is 0.408. The van der Waals surface area contributed by atoms with E-state index in [-0.39, 0.29) is 19.0 Å². The van der Waals surface area contributed by atoms with Crippen LogP contribution in [0.5, 0.6) is 0 Å². The second-order valence-corrected chi connectivity index (χ2v) is 2.14. The first-order chi connectivity index (χ1) is 4.27. The second kappa shape index (κ2) is 9.17. The van der Waals surface area contributed by atoms with Gasteiger partial charge in [-0.15, -0.1) is 12.4 Å². The highest BCUT2D eigenvalue weighted by Gasteiger charge is 1.93. The molecule has 1 unspecified atom stereocenters. The van der Waals surface area contributed by atoms with E-state index in [0.29, 0.717) is 6.42 Å². The van der Waals surface area contributed by atoms with Crippen molar-refractivity contribution in [1.29, 1.82) is 0 Å². The summed E-state index contributed by atoms with van der Waals surface area (Å²) in [7, 11) is 0. The van der Waals surface area contributed by atoms with Crippen LogP contribution in [-0.2, 0) is 0 Å². The lowest BCUT2D eigenvalue weighted by molar-refractivity contribution is 0.166.